The first-order valence-electron chi connectivity index (χ1n) is 9.14. The van der Waals surface area contributed by atoms with E-state index >= 15 is 0 Å². The molecule has 0 aliphatic carbocycles. The number of anilines is 2. The number of hydrogen-bond donors (Lipinski definition) is 2. The quantitative estimate of drug-likeness (QED) is 0.647. The van der Waals surface area contributed by atoms with E-state index in [2.05, 4.69) is 10.6 Å². The third-order valence-corrected chi connectivity index (χ3v) is 5.07. The highest BCUT2D eigenvalue weighted by atomic mass is 32.1. The summed E-state index contributed by atoms with van der Waals surface area (Å²) in [6.45, 7) is 5.34. The number of aromatic nitrogens is 2. The lowest BCUT2D eigenvalue weighted by molar-refractivity contribution is -0.117. The molecule has 2 N–H and O–H groups in total. The maximum Gasteiger partial charge on any atom is 0.332 e. The lowest BCUT2D eigenvalue weighted by atomic mass is 10.2. The van der Waals surface area contributed by atoms with Gasteiger partial charge >= 0.3 is 5.69 Å². The van der Waals surface area contributed by atoms with Crippen molar-refractivity contribution in [1.82, 2.24) is 9.13 Å². The summed E-state index contributed by atoms with van der Waals surface area (Å²) < 4.78 is 2.98. The Morgan fingerprint density at radius 1 is 1.00 bits per heavy atom. The molecule has 0 unspecified atom stereocenters. The van der Waals surface area contributed by atoms with E-state index in [0.717, 1.165) is 0 Å². The molecular weight excluding hydrogens is 392 g/mol. The third-order valence-electron chi connectivity index (χ3n) is 4.17. The number of rotatable bonds is 6. The number of nitrogens with zero attached hydrogens (tertiary/aromatic N) is 2. The predicted octanol–water partition coefficient (Wildman–Crippen LogP) is 2.48. The maximum absolute atomic E-state index is 12.9. The van der Waals surface area contributed by atoms with Crippen LogP contribution in [0.4, 0.5) is 11.4 Å². The van der Waals surface area contributed by atoms with Gasteiger partial charge < -0.3 is 10.6 Å². The van der Waals surface area contributed by atoms with Gasteiger partial charge in [0.2, 0.25) is 11.8 Å². The SMILES string of the molecule is CC(=O)Nc1ccc(NC(=O)Cn2c(=O)n(CC(C)C)c(=O)c3sccc32)cc1. The van der Waals surface area contributed by atoms with Crippen molar-refractivity contribution in [2.24, 2.45) is 5.92 Å². The Morgan fingerprint density at radius 2 is 1.62 bits per heavy atom. The number of benzene rings is 1. The van der Waals surface area contributed by atoms with E-state index in [-0.39, 0.29) is 36.4 Å². The van der Waals surface area contributed by atoms with Crippen LogP contribution in [-0.2, 0) is 22.7 Å². The van der Waals surface area contributed by atoms with Crippen LogP contribution in [0.1, 0.15) is 20.8 Å². The standard InChI is InChI=1S/C20H22N4O4S/c1-12(2)10-24-19(27)18-16(8-9-29-18)23(20(24)28)11-17(26)22-15-6-4-14(5-7-15)21-13(3)25/h4-9,12H,10-11H2,1-3H3,(H,21,25)(H,22,26). The summed E-state index contributed by atoms with van der Waals surface area (Å²) in [5, 5.41) is 7.12. The number of hydrogen-bond acceptors (Lipinski definition) is 5. The summed E-state index contributed by atoms with van der Waals surface area (Å²) in [6.07, 6.45) is 0. The first-order valence-corrected chi connectivity index (χ1v) is 10.0. The molecule has 0 spiro atoms. The molecule has 29 heavy (non-hydrogen) atoms. The molecule has 2 aromatic heterocycles. The van der Waals surface area contributed by atoms with E-state index in [4.69, 9.17) is 0 Å². The Morgan fingerprint density at radius 3 is 2.21 bits per heavy atom. The van der Waals surface area contributed by atoms with Gasteiger partial charge in [-0.15, -0.1) is 11.3 Å². The molecule has 0 atom stereocenters. The predicted molar refractivity (Wildman–Crippen MR) is 115 cm³/mol. The molecule has 0 fully saturated rings. The van der Waals surface area contributed by atoms with Crippen LogP contribution in [0.5, 0.6) is 0 Å². The number of carbonyl (C=O) groups is 2. The van der Waals surface area contributed by atoms with E-state index in [1.165, 1.54) is 27.4 Å². The van der Waals surface area contributed by atoms with Crippen LogP contribution >= 0.6 is 11.3 Å². The van der Waals surface area contributed by atoms with E-state index in [1.807, 2.05) is 13.8 Å². The lowest BCUT2D eigenvalue weighted by Crippen LogP contribution is -2.42. The zero-order valence-electron chi connectivity index (χ0n) is 16.4. The van der Waals surface area contributed by atoms with Crippen molar-refractivity contribution in [3.05, 3.63) is 56.5 Å². The molecule has 0 bridgehead atoms. The molecule has 0 saturated carbocycles. The molecule has 3 rings (SSSR count). The van der Waals surface area contributed by atoms with Crippen LogP contribution in [0.2, 0.25) is 0 Å². The van der Waals surface area contributed by atoms with Gasteiger partial charge in [-0.05, 0) is 41.6 Å². The van der Waals surface area contributed by atoms with Crippen molar-refractivity contribution in [1.29, 1.82) is 0 Å². The number of fused-ring (bicyclic) bond motifs is 1. The second-order valence-electron chi connectivity index (χ2n) is 7.12. The summed E-state index contributed by atoms with van der Waals surface area (Å²) in [7, 11) is 0. The van der Waals surface area contributed by atoms with Crippen molar-refractivity contribution in [2.75, 3.05) is 10.6 Å². The second kappa shape index (κ2) is 8.44. The summed E-state index contributed by atoms with van der Waals surface area (Å²) >= 11 is 1.26. The van der Waals surface area contributed by atoms with Crippen LogP contribution in [0.3, 0.4) is 0 Å². The van der Waals surface area contributed by atoms with Crippen molar-refractivity contribution >= 4 is 44.7 Å². The second-order valence-corrected chi connectivity index (χ2v) is 8.04. The average molecular weight is 414 g/mol. The molecule has 0 aliphatic rings. The number of nitrogens with one attached hydrogen (secondary N) is 2. The van der Waals surface area contributed by atoms with Gasteiger partial charge in [0.05, 0.1) is 5.52 Å². The van der Waals surface area contributed by atoms with Crippen molar-refractivity contribution < 1.29 is 9.59 Å². The minimum atomic E-state index is -0.495. The minimum Gasteiger partial charge on any atom is -0.326 e. The molecular formula is C20H22N4O4S. The number of carbonyl (C=O) groups excluding carboxylic acids is 2. The van der Waals surface area contributed by atoms with Gasteiger partial charge in [-0.1, -0.05) is 13.8 Å². The monoisotopic (exact) mass is 414 g/mol. The smallest absolute Gasteiger partial charge is 0.326 e. The molecule has 2 heterocycles. The first-order chi connectivity index (χ1) is 13.8. The van der Waals surface area contributed by atoms with E-state index in [9.17, 15) is 19.2 Å². The molecule has 8 nitrogen and oxygen atoms in total. The average Bonchev–Trinajstić information content (AvgIpc) is 3.13. The highest BCUT2D eigenvalue weighted by Gasteiger charge is 2.17. The van der Waals surface area contributed by atoms with Gasteiger partial charge in [0.15, 0.2) is 0 Å². The van der Waals surface area contributed by atoms with Crippen LogP contribution < -0.4 is 21.9 Å². The van der Waals surface area contributed by atoms with Gasteiger partial charge in [0, 0.05) is 24.8 Å². The van der Waals surface area contributed by atoms with E-state index in [1.54, 1.807) is 35.7 Å². The summed E-state index contributed by atoms with van der Waals surface area (Å²) in [4.78, 5) is 49.1. The lowest BCUT2D eigenvalue weighted by Gasteiger charge is -2.13. The molecule has 2 amide bonds. The summed E-state index contributed by atoms with van der Waals surface area (Å²) in [5.74, 6) is -0.457. The zero-order chi connectivity index (χ0) is 21.1. The highest BCUT2D eigenvalue weighted by Crippen LogP contribution is 2.16. The Balaban J connectivity index is 1.86. The van der Waals surface area contributed by atoms with Crippen LogP contribution in [0.25, 0.3) is 10.2 Å². The topological polar surface area (TPSA) is 102 Å². The van der Waals surface area contributed by atoms with Crippen molar-refractivity contribution in [2.45, 2.75) is 33.9 Å². The molecule has 0 saturated heterocycles. The van der Waals surface area contributed by atoms with Gasteiger partial charge in [-0.2, -0.15) is 0 Å². The van der Waals surface area contributed by atoms with Gasteiger partial charge in [0.25, 0.3) is 5.56 Å². The fourth-order valence-electron chi connectivity index (χ4n) is 3.00. The largest absolute Gasteiger partial charge is 0.332 e. The highest BCUT2D eigenvalue weighted by molar-refractivity contribution is 7.17. The fourth-order valence-corrected chi connectivity index (χ4v) is 3.84. The maximum atomic E-state index is 12.9. The van der Waals surface area contributed by atoms with Gasteiger partial charge in [-0.3, -0.25) is 23.5 Å². The Labute approximate surface area is 170 Å². The van der Waals surface area contributed by atoms with Gasteiger partial charge in [0.1, 0.15) is 11.2 Å². The van der Waals surface area contributed by atoms with Crippen LogP contribution in [0, 0.1) is 5.92 Å². The summed E-state index contributed by atoms with van der Waals surface area (Å²) in [5.41, 5.74) is 0.799. The Kier molecular flexibility index (Phi) is 5.97. The van der Waals surface area contributed by atoms with Gasteiger partial charge in [-0.25, -0.2) is 4.79 Å². The number of amides is 2. The van der Waals surface area contributed by atoms with Crippen LogP contribution in [-0.4, -0.2) is 20.9 Å². The molecule has 0 aliphatic heterocycles. The number of thiophene rings is 1. The fraction of sp³-hybridized carbons (Fsp3) is 0.300. The minimum absolute atomic E-state index is 0.113. The Hall–Kier alpha value is -3.20. The van der Waals surface area contributed by atoms with Crippen LogP contribution in [0.15, 0.2) is 45.3 Å². The van der Waals surface area contributed by atoms with E-state index < -0.39 is 5.69 Å². The van der Waals surface area contributed by atoms with E-state index in [0.29, 0.717) is 21.6 Å². The zero-order valence-corrected chi connectivity index (χ0v) is 17.2. The van der Waals surface area contributed by atoms with Crippen molar-refractivity contribution in [3.63, 3.8) is 0 Å². The Bertz CT molecular complexity index is 1170. The first kappa shape index (κ1) is 20.5. The molecule has 0 radical (unpaired) electrons. The third kappa shape index (κ3) is 4.62. The molecule has 3 aromatic rings. The molecule has 9 heteroatoms. The van der Waals surface area contributed by atoms with Crippen molar-refractivity contribution in [3.8, 4) is 0 Å². The normalized spacial score (nSPS) is 11.0. The summed E-state index contributed by atoms with van der Waals surface area (Å²) in [6, 6.07) is 8.34. The molecule has 1 aromatic carbocycles. The molecule has 152 valence electrons.